The maximum atomic E-state index is 11.8. The van der Waals surface area contributed by atoms with Crippen LogP contribution in [0.15, 0.2) is 24.3 Å². The molecule has 1 fully saturated rings. The lowest BCUT2D eigenvalue weighted by atomic mass is 10.2. The van der Waals surface area contributed by atoms with Gasteiger partial charge in [-0.1, -0.05) is 12.1 Å². The first-order valence-electron chi connectivity index (χ1n) is 5.19. The van der Waals surface area contributed by atoms with Crippen LogP contribution in [0.4, 0.5) is 10.6 Å². The second-order valence-corrected chi connectivity index (χ2v) is 3.96. The summed E-state index contributed by atoms with van der Waals surface area (Å²) in [4.78, 5) is 26.1. The van der Waals surface area contributed by atoms with Crippen LogP contribution in [0.25, 0.3) is 10.9 Å². The molecule has 1 aliphatic rings. The molecule has 6 nitrogen and oxygen atoms in total. The van der Waals surface area contributed by atoms with E-state index in [1.54, 1.807) is 7.05 Å². The average Bonchev–Trinajstić information content (AvgIpc) is 2.82. The fourth-order valence-electron chi connectivity index (χ4n) is 1.95. The number of amides is 3. The van der Waals surface area contributed by atoms with E-state index in [-0.39, 0.29) is 18.5 Å². The van der Waals surface area contributed by atoms with Crippen molar-refractivity contribution in [2.45, 2.75) is 0 Å². The van der Waals surface area contributed by atoms with E-state index in [1.807, 2.05) is 24.3 Å². The van der Waals surface area contributed by atoms with Crippen molar-refractivity contribution < 1.29 is 9.59 Å². The summed E-state index contributed by atoms with van der Waals surface area (Å²) in [6.45, 7) is 0.0972. The smallest absolute Gasteiger partial charge is 0.318 e. The molecule has 1 aromatic heterocycles. The summed E-state index contributed by atoms with van der Waals surface area (Å²) in [5.74, 6) is 0.120. The highest BCUT2D eigenvalue weighted by atomic mass is 16.2. The molecule has 1 aromatic carbocycles. The van der Waals surface area contributed by atoms with Crippen molar-refractivity contribution in [2.24, 2.45) is 0 Å². The first-order chi connectivity index (χ1) is 8.18. The zero-order valence-corrected chi connectivity index (χ0v) is 9.17. The molecule has 1 N–H and O–H groups in total. The number of hydrogen-bond acceptors (Lipinski definition) is 3. The lowest BCUT2D eigenvalue weighted by Gasteiger charge is -2.10. The number of benzene rings is 1. The van der Waals surface area contributed by atoms with Gasteiger partial charge in [-0.2, -0.15) is 5.10 Å². The number of aromatic amines is 1. The number of H-pyrrole nitrogens is 1. The van der Waals surface area contributed by atoms with E-state index in [0.717, 1.165) is 15.8 Å². The van der Waals surface area contributed by atoms with Crippen LogP contribution in [0.1, 0.15) is 0 Å². The summed E-state index contributed by atoms with van der Waals surface area (Å²) < 4.78 is 0. The van der Waals surface area contributed by atoms with Crippen molar-refractivity contribution in [3.8, 4) is 0 Å². The Morgan fingerprint density at radius 3 is 2.76 bits per heavy atom. The van der Waals surface area contributed by atoms with E-state index in [9.17, 15) is 9.59 Å². The fraction of sp³-hybridized carbons (Fsp3) is 0.182. The van der Waals surface area contributed by atoms with Gasteiger partial charge in [0.15, 0.2) is 5.82 Å². The van der Waals surface area contributed by atoms with E-state index in [2.05, 4.69) is 10.2 Å². The number of urea groups is 1. The number of para-hydroxylation sites is 1. The van der Waals surface area contributed by atoms with Crippen LogP contribution in [-0.4, -0.2) is 40.6 Å². The highest BCUT2D eigenvalue weighted by Gasteiger charge is 2.37. The molecule has 0 radical (unpaired) electrons. The van der Waals surface area contributed by atoms with Gasteiger partial charge in [-0.25, -0.2) is 9.69 Å². The van der Waals surface area contributed by atoms with Gasteiger partial charge in [0.2, 0.25) is 0 Å². The molecule has 2 heterocycles. The number of fused-ring (bicyclic) bond motifs is 1. The van der Waals surface area contributed by atoms with Gasteiger partial charge < -0.3 is 4.90 Å². The van der Waals surface area contributed by atoms with Gasteiger partial charge in [-0.3, -0.25) is 9.89 Å². The van der Waals surface area contributed by atoms with Gasteiger partial charge in [-0.15, -0.1) is 0 Å². The van der Waals surface area contributed by atoms with Gasteiger partial charge in [0.25, 0.3) is 5.91 Å². The largest absolute Gasteiger partial charge is 0.332 e. The predicted octanol–water partition coefficient (Wildman–Crippen LogP) is 0.961. The standard InChI is InChI=1S/C11H10N4O2/c1-14-6-9(16)15(11(14)17)10-7-4-2-3-5-8(7)12-13-10/h2-5H,6H2,1H3,(H,12,13). The number of rotatable bonds is 1. The van der Waals surface area contributed by atoms with Crippen molar-refractivity contribution in [2.75, 3.05) is 18.5 Å². The molecule has 86 valence electrons. The Bertz CT molecular complexity index is 619. The Balaban J connectivity index is 2.16. The minimum absolute atomic E-state index is 0.0972. The maximum Gasteiger partial charge on any atom is 0.332 e. The van der Waals surface area contributed by atoms with Crippen molar-refractivity contribution in [1.82, 2.24) is 15.1 Å². The quantitative estimate of drug-likeness (QED) is 0.742. The minimum Gasteiger partial charge on any atom is -0.318 e. The lowest BCUT2D eigenvalue weighted by Crippen LogP contribution is -2.31. The molecular weight excluding hydrogens is 220 g/mol. The van der Waals surface area contributed by atoms with E-state index in [4.69, 9.17) is 0 Å². The third-order valence-corrected chi connectivity index (χ3v) is 2.80. The Morgan fingerprint density at radius 1 is 1.29 bits per heavy atom. The number of likely N-dealkylation sites (N-methyl/N-ethyl adjacent to an activating group) is 1. The number of hydrogen-bond donors (Lipinski definition) is 1. The Kier molecular flexibility index (Phi) is 1.91. The van der Waals surface area contributed by atoms with Crippen LogP contribution in [0, 0.1) is 0 Å². The fourth-order valence-corrected chi connectivity index (χ4v) is 1.95. The molecule has 3 amide bonds. The van der Waals surface area contributed by atoms with Gasteiger partial charge in [0.1, 0.15) is 6.54 Å². The van der Waals surface area contributed by atoms with Crippen LogP contribution >= 0.6 is 0 Å². The summed E-state index contributed by atoms with van der Waals surface area (Å²) in [5, 5.41) is 7.62. The number of carbonyl (C=O) groups excluding carboxylic acids is 2. The molecule has 17 heavy (non-hydrogen) atoms. The summed E-state index contributed by atoms with van der Waals surface area (Å²) in [6, 6.07) is 7.04. The molecule has 0 atom stereocenters. The zero-order chi connectivity index (χ0) is 12.0. The molecular formula is C11H10N4O2. The highest BCUT2D eigenvalue weighted by Crippen LogP contribution is 2.26. The second-order valence-electron chi connectivity index (χ2n) is 3.96. The summed E-state index contributed by atoms with van der Waals surface area (Å²) in [7, 11) is 1.59. The van der Waals surface area contributed by atoms with Crippen LogP contribution in [0.5, 0.6) is 0 Å². The third-order valence-electron chi connectivity index (χ3n) is 2.80. The van der Waals surface area contributed by atoms with Crippen LogP contribution in [0.2, 0.25) is 0 Å². The van der Waals surface area contributed by atoms with Gasteiger partial charge in [0, 0.05) is 12.4 Å². The van der Waals surface area contributed by atoms with E-state index < -0.39 is 0 Å². The molecule has 3 rings (SSSR count). The van der Waals surface area contributed by atoms with Crippen LogP contribution in [0.3, 0.4) is 0 Å². The Morgan fingerprint density at radius 2 is 2.06 bits per heavy atom. The second kappa shape index (κ2) is 3.31. The molecule has 0 spiro atoms. The average molecular weight is 230 g/mol. The highest BCUT2D eigenvalue weighted by molar-refractivity contribution is 6.22. The SMILES string of the molecule is CN1CC(=O)N(c2n[nH]c3ccccc23)C1=O. The number of nitrogens with zero attached hydrogens (tertiary/aromatic N) is 3. The van der Waals surface area contributed by atoms with Gasteiger partial charge in [-0.05, 0) is 12.1 Å². The number of anilines is 1. The molecule has 2 aromatic rings. The molecule has 1 saturated heterocycles. The molecule has 0 saturated carbocycles. The molecule has 0 bridgehead atoms. The number of imide groups is 1. The Hall–Kier alpha value is -2.37. The van der Waals surface area contributed by atoms with Crippen LogP contribution in [-0.2, 0) is 4.79 Å². The van der Waals surface area contributed by atoms with Crippen molar-refractivity contribution >= 4 is 28.7 Å². The molecule has 0 unspecified atom stereocenters. The van der Waals surface area contributed by atoms with Crippen molar-refractivity contribution in [3.05, 3.63) is 24.3 Å². The van der Waals surface area contributed by atoms with Gasteiger partial charge in [0.05, 0.1) is 5.52 Å². The number of carbonyl (C=O) groups is 2. The maximum absolute atomic E-state index is 11.8. The lowest BCUT2D eigenvalue weighted by molar-refractivity contribution is -0.116. The minimum atomic E-state index is -0.341. The van der Waals surface area contributed by atoms with E-state index in [0.29, 0.717) is 5.82 Å². The summed E-state index contributed by atoms with van der Waals surface area (Å²) >= 11 is 0. The third kappa shape index (κ3) is 1.30. The first-order valence-corrected chi connectivity index (χ1v) is 5.19. The number of aromatic nitrogens is 2. The summed E-state index contributed by atoms with van der Waals surface area (Å²) in [5.41, 5.74) is 0.803. The first kappa shape index (κ1) is 9.83. The monoisotopic (exact) mass is 230 g/mol. The van der Waals surface area contributed by atoms with Crippen molar-refractivity contribution in [3.63, 3.8) is 0 Å². The Labute approximate surface area is 96.8 Å². The van der Waals surface area contributed by atoms with Gasteiger partial charge >= 0.3 is 6.03 Å². The predicted molar refractivity (Wildman–Crippen MR) is 61.6 cm³/mol. The topological polar surface area (TPSA) is 69.3 Å². The van der Waals surface area contributed by atoms with Crippen LogP contribution < -0.4 is 4.90 Å². The molecule has 6 heteroatoms. The van der Waals surface area contributed by atoms with Crippen molar-refractivity contribution in [1.29, 1.82) is 0 Å². The summed E-state index contributed by atoms with van der Waals surface area (Å²) in [6.07, 6.45) is 0. The molecule has 1 aliphatic heterocycles. The normalized spacial score (nSPS) is 16.3. The zero-order valence-electron chi connectivity index (χ0n) is 9.17. The molecule has 0 aliphatic carbocycles. The van der Waals surface area contributed by atoms with E-state index >= 15 is 0 Å². The van der Waals surface area contributed by atoms with E-state index in [1.165, 1.54) is 4.90 Å². The number of nitrogens with one attached hydrogen (secondary N) is 1.